The van der Waals surface area contributed by atoms with E-state index in [4.69, 9.17) is 16.3 Å². The van der Waals surface area contributed by atoms with E-state index in [1.807, 2.05) is 0 Å². The molecule has 1 unspecified atom stereocenters. The van der Waals surface area contributed by atoms with Gasteiger partial charge in [-0.2, -0.15) is 0 Å². The molecule has 28 heavy (non-hydrogen) atoms. The maximum Gasteiger partial charge on any atom is 0.255 e. The van der Waals surface area contributed by atoms with Gasteiger partial charge < -0.3 is 19.4 Å². The molecule has 4 heterocycles. The monoisotopic (exact) mass is 407 g/mol. The van der Waals surface area contributed by atoms with Gasteiger partial charge in [-0.05, 0) is 32.5 Å². The number of halogens is 1. The summed E-state index contributed by atoms with van der Waals surface area (Å²) in [4.78, 5) is 26.3. The van der Waals surface area contributed by atoms with Crippen LogP contribution in [-0.2, 0) is 4.74 Å². The molecule has 1 amide bonds. The van der Waals surface area contributed by atoms with Crippen molar-refractivity contribution >= 4 is 23.3 Å². The van der Waals surface area contributed by atoms with Crippen LogP contribution in [0.2, 0.25) is 5.02 Å². The van der Waals surface area contributed by atoms with E-state index in [0.29, 0.717) is 42.9 Å². The molecular weight excluding hydrogens is 378 g/mol. The third kappa shape index (κ3) is 4.43. The maximum absolute atomic E-state index is 12.6. The third-order valence-electron chi connectivity index (χ3n) is 6.10. The predicted molar refractivity (Wildman–Crippen MR) is 110 cm³/mol. The van der Waals surface area contributed by atoms with Crippen LogP contribution < -0.4 is 4.90 Å². The zero-order valence-electron chi connectivity index (χ0n) is 16.6. The van der Waals surface area contributed by atoms with Crippen LogP contribution in [0.3, 0.4) is 0 Å². The van der Waals surface area contributed by atoms with Crippen molar-refractivity contribution in [1.82, 2.24) is 19.7 Å². The van der Waals surface area contributed by atoms with E-state index in [1.165, 1.54) is 19.4 Å². The number of carbonyl (C=O) groups excluding carboxylic acids is 1. The summed E-state index contributed by atoms with van der Waals surface area (Å²) in [6, 6.07) is 2.43. The van der Waals surface area contributed by atoms with Crippen molar-refractivity contribution < 1.29 is 9.53 Å². The Morgan fingerprint density at radius 3 is 2.57 bits per heavy atom. The Morgan fingerprint density at radius 1 is 1.14 bits per heavy atom. The van der Waals surface area contributed by atoms with Gasteiger partial charge >= 0.3 is 0 Å². The SMILES string of the molecule is CN1CCCC(N2CCN(c3ncc(C(=O)N4CCOCC4)cc3Cl)CC2)C1. The third-order valence-corrected chi connectivity index (χ3v) is 6.37. The van der Waals surface area contributed by atoms with Gasteiger partial charge in [-0.25, -0.2) is 4.98 Å². The molecule has 7 nitrogen and oxygen atoms in total. The Kier molecular flexibility index (Phi) is 6.35. The van der Waals surface area contributed by atoms with E-state index in [-0.39, 0.29) is 5.91 Å². The summed E-state index contributed by atoms with van der Waals surface area (Å²) in [5.41, 5.74) is 0.555. The van der Waals surface area contributed by atoms with Crippen molar-refractivity contribution in [2.24, 2.45) is 0 Å². The van der Waals surface area contributed by atoms with Crippen LogP contribution in [0.5, 0.6) is 0 Å². The first-order valence-corrected chi connectivity index (χ1v) is 10.7. The highest BCUT2D eigenvalue weighted by Crippen LogP contribution is 2.27. The lowest BCUT2D eigenvalue weighted by Gasteiger charge is -2.43. The summed E-state index contributed by atoms with van der Waals surface area (Å²) < 4.78 is 5.32. The average Bonchev–Trinajstić information content (AvgIpc) is 2.74. The number of anilines is 1. The zero-order valence-corrected chi connectivity index (χ0v) is 17.4. The van der Waals surface area contributed by atoms with E-state index in [0.717, 1.165) is 38.5 Å². The van der Waals surface area contributed by atoms with E-state index in [2.05, 4.69) is 26.7 Å². The average molecular weight is 408 g/mol. The van der Waals surface area contributed by atoms with Crippen LogP contribution in [0.25, 0.3) is 0 Å². The molecule has 1 aromatic rings. The molecule has 0 saturated carbocycles. The molecular formula is C20H30ClN5O2. The second-order valence-electron chi connectivity index (χ2n) is 8.02. The lowest BCUT2D eigenvalue weighted by Crippen LogP contribution is -2.54. The number of carbonyl (C=O) groups is 1. The molecule has 3 aliphatic heterocycles. The lowest BCUT2D eigenvalue weighted by atomic mass is 10.0. The maximum atomic E-state index is 12.6. The number of hydrogen-bond donors (Lipinski definition) is 0. The molecule has 1 aromatic heterocycles. The van der Waals surface area contributed by atoms with E-state index in [1.54, 1.807) is 17.2 Å². The largest absolute Gasteiger partial charge is 0.378 e. The molecule has 3 aliphatic rings. The number of piperazine rings is 1. The van der Waals surface area contributed by atoms with Crippen LogP contribution in [-0.4, -0.2) is 104 Å². The fourth-order valence-electron chi connectivity index (χ4n) is 4.47. The molecule has 3 fully saturated rings. The predicted octanol–water partition coefficient (Wildman–Crippen LogP) is 1.42. The summed E-state index contributed by atoms with van der Waals surface area (Å²) in [7, 11) is 2.21. The molecule has 3 saturated heterocycles. The second kappa shape index (κ2) is 8.95. The summed E-state index contributed by atoms with van der Waals surface area (Å²) in [5, 5.41) is 0.560. The molecule has 0 aliphatic carbocycles. The van der Waals surface area contributed by atoms with Gasteiger partial charge in [0.1, 0.15) is 5.82 Å². The first-order valence-electron chi connectivity index (χ1n) is 10.3. The number of nitrogens with zero attached hydrogens (tertiary/aromatic N) is 5. The number of piperidine rings is 1. The molecule has 1 atom stereocenters. The van der Waals surface area contributed by atoms with Gasteiger partial charge in [0.15, 0.2) is 0 Å². The van der Waals surface area contributed by atoms with Gasteiger partial charge in [-0.3, -0.25) is 9.69 Å². The van der Waals surface area contributed by atoms with Crippen LogP contribution in [0.4, 0.5) is 5.82 Å². The zero-order chi connectivity index (χ0) is 19.5. The fraction of sp³-hybridized carbons (Fsp3) is 0.700. The van der Waals surface area contributed by atoms with E-state index in [9.17, 15) is 4.79 Å². The first-order chi connectivity index (χ1) is 13.6. The Labute approximate surface area is 172 Å². The quantitative estimate of drug-likeness (QED) is 0.755. The number of rotatable bonds is 3. The van der Waals surface area contributed by atoms with Crippen molar-refractivity contribution in [2.75, 3.05) is 77.5 Å². The highest BCUT2D eigenvalue weighted by molar-refractivity contribution is 6.33. The fourth-order valence-corrected chi connectivity index (χ4v) is 4.75. The molecule has 154 valence electrons. The summed E-state index contributed by atoms with van der Waals surface area (Å²) in [6.07, 6.45) is 4.25. The van der Waals surface area contributed by atoms with Gasteiger partial charge in [0.2, 0.25) is 0 Å². The number of pyridine rings is 1. The van der Waals surface area contributed by atoms with E-state index < -0.39 is 0 Å². The summed E-state index contributed by atoms with van der Waals surface area (Å²) in [6.45, 7) is 8.71. The number of aromatic nitrogens is 1. The number of likely N-dealkylation sites (N-methyl/N-ethyl adjacent to an activating group) is 1. The van der Waals surface area contributed by atoms with Crippen LogP contribution in [0, 0.1) is 0 Å². The first kappa shape index (κ1) is 19.9. The van der Waals surface area contributed by atoms with Crippen LogP contribution >= 0.6 is 11.6 Å². The number of hydrogen-bond acceptors (Lipinski definition) is 6. The molecule has 0 bridgehead atoms. The van der Waals surface area contributed by atoms with Crippen molar-refractivity contribution in [3.8, 4) is 0 Å². The minimum Gasteiger partial charge on any atom is -0.378 e. The summed E-state index contributed by atoms with van der Waals surface area (Å²) >= 11 is 6.53. The molecule has 0 N–H and O–H groups in total. The van der Waals surface area contributed by atoms with Crippen molar-refractivity contribution in [3.05, 3.63) is 22.8 Å². The Morgan fingerprint density at radius 2 is 1.89 bits per heavy atom. The minimum absolute atomic E-state index is 0.0181. The highest BCUT2D eigenvalue weighted by Gasteiger charge is 2.28. The lowest BCUT2D eigenvalue weighted by molar-refractivity contribution is 0.0302. The second-order valence-corrected chi connectivity index (χ2v) is 8.42. The van der Waals surface area contributed by atoms with Crippen molar-refractivity contribution in [3.63, 3.8) is 0 Å². The molecule has 4 rings (SSSR count). The number of likely N-dealkylation sites (tertiary alicyclic amines) is 1. The van der Waals surface area contributed by atoms with E-state index >= 15 is 0 Å². The Hall–Kier alpha value is -1.41. The highest BCUT2D eigenvalue weighted by atomic mass is 35.5. The van der Waals surface area contributed by atoms with Gasteiger partial charge in [0.25, 0.3) is 5.91 Å². The standard InChI is InChI=1S/C20H30ClN5O2/c1-23-4-2-3-17(15-23)24-5-7-25(8-6-24)19-18(21)13-16(14-22-19)20(27)26-9-11-28-12-10-26/h13-14,17H,2-12,15H2,1H3. The minimum atomic E-state index is -0.0181. The smallest absolute Gasteiger partial charge is 0.255 e. The Balaban J connectivity index is 1.36. The van der Waals surface area contributed by atoms with Gasteiger partial charge in [0, 0.05) is 58.1 Å². The number of amides is 1. The number of ether oxygens (including phenoxy) is 1. The van der Waals surface area contributed by atoms with Gasteiger partial charge in [-0.1, -0.05) is 11.6 Å². The van der Waals surface area contributed by atoms with Crippen LogP contribution in [0.1, 0.15) is 23.2 Å². The molecule has 0 radical (unpaired) electrons. The van der Waals surface area contributed by atoms with Crippen molar-refractivity contribution in [2.45, 2.75) is 18.9 Å². The normalized spacial score (nSPS) is 25.1. The van der Waals surface area contributed by atoms with Crippen molar-refractivity contribution in [1.29, 1.82) is 0 Å². The Bertz CT molecular complexity index is 689. The number of morpholine rings is 1. The molecule has 0 spiro atoms. The molecule has 8 heteroatoms. The van der Waals surface area contributed by atoms with Gasteiger partial charge in [-0.15, -0.1) is 0 Å². The topological polar surface area (TPSA) is 52.2 Å². The van der Waals surface area contributed by atoms with Crippen LogP contribution in [0.15, 0.2) is 12.3 Å². The summed E-state index contributed by atoms with van der Waals surface area (Å²) in [5.74, 6) is 0.774. The molecule has 0 aromatic carbocycles. The van der Waals surface area contributed by atoms with Gasteiger partial charge in [0.05, 0.1) is 23.8 Å².